The van der Waals surface area contributed by atoms with Gasteiger partial charge in [-0.15, -0.1) is 0 Å². The van der Waals surface area contributed by atoms with Crippen molar-refractivity contribution in [2.45, 2.75) is 12.1 Å². The van der Waals surface area contributed by atoms with Crippen LogP contribution in [0, 0.1) is 0 Å². The van der Waals surface area contributed by atoms with Crippen LogP contribution >= 0.6 is 35.4 Å². The van der Waals surface area contributed by atoms with Crippen LogP contribution < -0.4 is 5.32 Å². The van der Waals surface area contributed by atoms with Crippen molar-refractivity contribution in [3.8, 4) is 5.69 Å². The maximum atomic E-state index is 6.51. The topological polar surface area (TPSA) is 42.3 Å². The molecule has 0 bridgehead atoms. The zero-order chi connectivity index (χ0) is 20.4. The van der Waals surface area contributed by atoms with Gasteiger partial charge in [0.2, 0.25) is 0 Å². The molecule has 1 saturated heterocycles. The van der Waals surface area contributed by atoms with Gasteiger partial charge in [0.15, 0.2) is 5.11 Å². The van der Waals surface area contributed by atoms with Gasteiger partial charge in [-0.05, 0) is 54.7 Å². The monoisotopic (exact) mass is 446 g/mol. The van der Waals surface area contributed by atoms with Crippen molar-refractivity contribution in [3.63, 3.8) is 0 Å². The first-order chi connectivity index (χ1) is 14.1. The average Bonchev–Trinajstić information content (AvgIpc) is 3.31. The summed E-state index contributed by atoms with van der Waals surface area (Å²) in [5.41, 5.74) is 2.84. The Hall–Kier alpha value is -2.12. The number of ether oxygens (including phenoxy) is 1. The van der Waals surface area contributed by atoms with Crippen molar-refractivity contribution < 1.29 is 4.74 Å². The van der Waals surface area contributed by atoms with Crippen LogP contribution in [0.2, 0.25) is 10.0 Å². The Morgan fingerprint density at radius 3 is 2.76 bits per heavy atom. The minimum Gasteiger partial charge on any atom is -0.383 e. The Morgan fingerprint density at radius 1 is 1.17 bits per heavy atom. The first-order valence-corrected chi connectivity index (χ1v) is 10.4. The molecule has 5 nitrogen and oxygen atoms in total. The highest BCUT2D eigenvalue weighted by Crippen LogP contribution is 2.40. The van der Waals surface area contributed by atoms with E-state index in [0.29, 0.717) is 28.3 Å². The zero-order valence-corrected chi connectivity index (χ0v) is 18.1. The number of hydrogen-bond acceptors (Lipinski definition) is 3. The van der Waals surface area contributed by atoms with Crippen LogP contribution in [-0.2, 0) is 4.74 Å². The van der Waals surface area contributed by atoms with Crippen molar-refractivity contribution >= 4 is 40.5 Å². The molecule has 1 aliphatic heterocycles. The highest BCUT2D eigenvalue weighted by Gasteiger charge is 2.41. The van der Waals surface area contributed by atoms with E-state index in [9.17, 15) is 0 Å². The molecule has 0 radical (unpaired) electrons. The fraction of sp³-hybridized carbons (Fsp3) is 0.238. The minimum absolute atomic E-state index is 0.0747. The third-order valence-corrected chi connectivity index (χ3v) is 5.88. The quantitative estimate of drug-likeness (QED) is 0.550. The number of thiocarbonyl (C=S) groups is 1. The molecule has 0 aliphatic carbocycles. The number of benzene rings is 1. The van der Waals surface area contributed by atoms with Crippen molar-refractivity contribution in [1.29, 1.82) is 0 Å². The molecule has 2 aromatic heterocycles. The molecule has 1 fully saturated rings. The van der Waals surface area contributed by atoms with Crippen LogP contribution in [0.5, 0.6) is 0 Å². The molecule has 3 aromatic rings. The third-order valence-electron chi connectivity index (χ3n) is 4.99. The van der Waals surface area contributed by atoms with Gasteiger partial charge >= 0.3 is 0 Å². The van der Waals surface area contributed by atoms with E-state index in [0.717, 1.165) is 17.1 Å². The molecular weight excluding hydrogens is 427 g/mol. The van der Waals surface area contributed by atoms with Crippen LogP contribution in [0.15, 0.2) is 60.9 Å². The molecule has 0 amide bonds. The molecule has 1 aliphatic rings. The summed E-state index contributed by atoms with van der Waals surface area (Å²) in [4.78, 5) is 6.72. The highest BCUT2D eigenvalue weighted by atomic mass is 35.5. The van der Waals surface area contributed by atoms with Crippen LogP contribution in [0.25, 0.3) is 5.69 Å². The molecule has 29 heavy (non-hydrogen) atoms. The lowest BCUT2D eigenvalue weighted by atomic mass is 10.0. The average molecular weight is 447 g/mol. The molecule has 0 unspecified atom stereocenters. The Balaban J connectivity index is 1.81. The van der Waals surface area contributed by atoms with Gasteiger partial charge in [-0.2, -0.15) is 0 Å². The SMILES string of the molecule is COCCN1C(=S)N[C@H](c2ccccn2)[C@@H]1c1cccn1-c1ccc(Cl)cc1Cl. The van der Waals surface area contributed by atoms with Crippen LogP contribution in [0.1, 0.15) is 23.5 Å². The summed E-state index contributed by atoms with van der Waals surface area (Å²) in [6.07, 6.45) is 3.79. The molecule has 8 heteroatoms. The number of nitrogens with zero attached hydrogens (tertiary/aromatic N) is 3. The van der Waals surface area contributed by atoms with E-state index in [2.05, 4.69) is 25.8 Å². The molecule has 2 atom stereocenters. The Morgan fingerprint density at radius 2 is 2.03 bits per heavy atom. The van der Waals surface area contributed by atoms with Crippen LogP contribution in [-0.4, -0.2) is 39.8 Å². The van der Waals surface area contributed by atoms with E-state index in [1.165, 1.54) is 0 Å². The van der Waals surface area contributed by atoms with Gasteiger partial charge in [-0.1, -0.05) is 29.3 Å². The molecule has 1 N–H and O–H groups in total. The predicted octanol–water partition coefficient (Wildman–Crippen LogP) is 4.80. The summed E-state index contributed by atoms with van der Waals surface area (Å²) >= 11 is 18.3. The maximum absolute atomic E-state index is 6.51. The van der Waals surface area contributed by atoms with Crippen molar-refractivity contribution in [1.82, 2.24) is 19.8 Å². The number of nitrogens with one attached hydrogen (secondary N) is 1. The summed E-state index contributed by atoms with van der Waals surface area (Å²) in [7, 11) is 1.69. The summed E-state index contributed by atoms with van der Waals surface area (Å²) < 4.78 is 7.40. The van der Waals surface area contributed by atoms with Gasteiger partial charge in [0.1, 0.15) is 0 Å². The Kier molecular flexibility index (Phi) is 6.06. The first kappa shape index (κ1) is 20.2. The van der Waals surface area contributed by atoms with E-state index in [1.54, 1.807) is 19.4 Å². The Labute approximate surface area is 185 Å². The van der Waals surface area contributed by atoms with Gasteiger partial charge in [-0.3, -0.25) is 4.98 Å². The first-order valence-electron chi connectivity index (χ1n) is 9.20. The number of rotatable bonds is 6. The third kappa shape index (κ3) is 3.98. The molecule has 1 aromatic carbocycles. The Bertz CT molecular complexity index is 1010. The van der Waals surface area contributed by atoms with Crippen LogP contribution in [0.4, 0.5) is 0 Å². The molecule has 150 valence electrons. The largest absolute Gasteiger partial charge is 0.383 e. The summed E-state index contributed by atoms with van der Waals surface area (Å²) in [5, 5.41) is 5.31. The van der Waals surface area contributed by atoms with E-state index >= 15 is 0 Å². The van der Waals surface area contributed by atoms with Crippen molar-refractivity contribution in [2.24, 2.45) is 0 Å². The molecule has 0 saturated carbocycles. The molecular formula is C21H20Cl2N4OS. The number of halogens is 2. The molecule has 4 rings (SSSR count). The van der Waals surface area contributed by atoms with Crippen LogP contribution in [0.3, 0.4) is 0 Å². The smallest absolute Gasteiger partial charge is 0.170 e. The van der Waals surface area contributed by atoms with E-state index in [1.807, 2.05) is 42.6 Å². The molecule has 3 heterocycles. The summed E-state index contributed by atoms with van der Waals surface area (Å²) in [6.45, 7) is 1.23. The summed E-state index contributed by atoms with van der Waals surface area (Å²) in [5.74, 6) is 0. The number of aromatic nitrogens is 2. The number of hydrogen-bond donors (Lipinski definition) is 1. The number of methoxy groups -OCH3 is 1. The van der Waals surface area contributed by atoms with E-state index in [4.69, 9.17) is 40.2 Å². The predicted molar refractivity (Wildman–Crippen MR) is 120 cm³/mol. The van der Waals surface area contributed by atoms with Gasteiger partial charge in [-0.25, -0.2) is 0 Å². The van der Waals surface area contributed by atoms with E-state index < -0.39 is 0 Å². The fourth-order valence-corrected chi connectivity index (χ4v) is 4.52. The second-order valence-corrected chi connectivity index (χ2v) is 7.94. The lowest BCUT2D eigenvalue weighted by Gasteiger charge is -2.29. The van der Waals surface area contributed by atoms with Gasteiger partial charge < -0.3 is 19.5 Å². The zero-order valence-electron chi connectivity index (χ0n) is 15.8. The van der Waals surface area contributed by atoms with Crippen molar-refractivity contribution in [2.75, 3.05) is 20.3 Å². The minimum atomic E-state index is -0.0970. The van der Waals surface area contributed by atoms with Gasteiger partial charge in [0, 0.05) is 36.8 Å². The van der Waals surface area contributed by atoms with E-state index in [-0.39, 0.29) is 12.1 Å². The summed E-state index contributed by atoms with van der Waals surface area (Å²) in [6, 6.07) is 15.3. The standard InChI is InChI=1S/C21H20Cl2N4OS/c1-28-12-11-27-20(19(25-21(27)29)16-5-2-3-9-24-16)18-6-4-10-26(18)17-8-7-14(22)13-15(17)23/h2-10,13,19-20H,11-12H2,1H3,(H,25,29)/t19-,20+/m1/s1. The van der Waals surface area contributed by atoms with Gasteiger partial charge in [0.05, 0.1) is 35.1 Å². The van der Waals surface area contributed by atoms with Crippen molar-refractivity contribution in [3.05, 3.63) is 82.4 Å². The lowest BCUT2D eigenvalue weighted by molar-refractivity contribution is 0.163. The van der Waals surface area contributed by atoms with Gasteiger partial charge in [0.25, 0.3) is 0 Å². The lowest BCUT2D eigenvalue weighted by Crippen LogP contribution is -2.33. The second kappa shape index (κ2) is 8.71. The fourth-order valence-electron chi connectivity index (χ4n) is 3.69. The molecule has 0 spiro atoms. The highest BCUT2D eigenvalue weighted by molar-refractivity contribution is 7.80. The number of pyridine rings is 1. The maximum Gasteiger partial charge on any atom is 0.170 e. The normalized spacial score (nSPS) is 18.9. The second-order valence-electron chi connectivity index (χ2n) is 6.71.